The van der Waals surface area contributed by atoms with Crippen LogP contribution in [-0.2, 0) is 17.9 Å². The van der Waals surface area contributed by atoms with Gasteiger partial charge in [-0.15, -0.1) is 0 Å². The summed E-state index contributed by atoms with van der Waals surface area (Å²) in [6.07, 6.45) is 4.15. The van der Waals surface area contributed by atoms with E-state index in [0.29, 0.717) is 29.5 Å². The number of hydrogen-bond donors (Lipinski definition) is 1. The third-order valence-electron chi connectivity index (χ3n) is 7.60. The van der Waals surface area contributed by atoms with Crippen molar-refractivity contribution < 1.29 is 23.8 Å². The van der Waals surface area contributed by atoms with Crippen LogP contribution in [0.4, 0.5) is 0 Å². The van der Waals surface area contributed by atoms with Gasteiger partial charge in [0, 0.05) is 18.0 Å². The van der Waals surface area contributed by atoms with Gasteiger partial charge in [0.25, 0.3) is 5.91 Å². The van der Waals surface area contributed by atoms with Crippen molar-refractivity contribution in [3.8, 4) is 17.2 Å². The van der Waals surface area contributed by atoms with Gasteiger partial charge in [0.1, 0.15) is 28.5 Å². The van der Waals surface area contributed by atoms with Crippen molar-refractivity contribution in [2.45, 2.75) is 57.3 Å². The molecular formula is C28H33N3O5. The van der Waals surface area contributed by atoms with Gasteiger partial charge in [0.2, 0.25) is 5.91 Å². The minimum atomic E-state index is -1.12. The largest absolute Gasteiger partial charge is 0.497 e. The van der Waals surface area contributed by atoms with Crippen LogP contribution in [0.2, 0.25) is 0 Å². The number of nitrogens with one attached hydrogen (secondary N) is 1. The van der Waals surface area contributed by atoms with Crippen LogP contribution in [0.5, 0.6) is 17.2 Å². The summed E-state index contributed by atoms with van der Waals surface area (Å²) in [7, 11) is 4.82. The SMILES string of the molecule is COc1cccc(CN2C(=O)c3cc4c(OC)ccc(OC)c4n3C[C@@]2(C)C(=O)NC2CCCC2)c1. The first-order valence-electron chi connectivity index (χ1n) is 12.4. The first kappa shape index (κ1) is 24.0. The summed E-state index contributed by atoms with van der Waals surface area (Å²) in [5.41, 5.74) is 1.03. The van der Waals surface area contributed by atoms with Gasteiger partial charge in [-0.3, -0.25) is 9.59 Å². The van der Waals surface area contributed by atoms with E-state index >= 15 is 0 Å². The zero-order valence-electron chi connectivity index (χ0n) is 21.3. The Hall–Kier alpha value is -3.68. The molecule has 1 aliphatic carbocycles. The van der Waals surface area contributed by atoms with Crippen LogP contribution in [0.1, 0.15) is 48.7 Å². The molecule has 0 radical (unpaired) electrons. The highest BCUT2D eigenvalue weighted by Gasteiger charge is 2.48. The molecule has 0 spiro atoms. The minimum absolute atomic E-state index is 0.139. The van der Waals surface area contributed by atoms with E-state index in [1.165, 1.54) is 0 Å². The molecule has 1 aromatic heterocycles. The molecule has 1 N–H and O–H groups in total. The Morgan fingerprint density at radius 2 is 1.75 bits per heavy atom. The molecule has 36 heavy (non-hydrogen) atoms. The Balaban J connectivity index is 1.63. The number of hydrogen-bond acceptors (Lipinski definition) is 5. The van der Waals surface area contributed by atoms with Gasteiger partial charge in [0.15, 0.2) is 0 Å². The molecule has 2 aliphatic rings. The van der Waals surface area contributed by atoms with Crippen molar-refractivity contribution in [1.29, 1.82) is 0 Å². The lowest BCUT2D eigenvalue weighted by Gasteiger charge is -2.44. The number of nitrogens with zero attached hydrogens (tertiary/aromatic N) is 2. The van der Waals surface area contributed by atoms with Crippen molar-refractivity contribution in [3.63, 3.8) is 0 Å². The van der Waals surface area contributed by atoms with Gasteiger partial charge in [0.05, 0.1) is 33.4 Å². The number of aromatic nitrogens is 1. The lowest BCUT2D eigenvalue weighted by molar-refractivity contribution is -0.133. The molecular weight excluding hydrogens is 458 g/mol. The quantitative estimate of drug-likeness (QED) is 0.537. The second-order valence-electron chi connectivity index (χ2n) is 9.82. The van der Waals surface area contributed by atoms with Crippen LogP contribution < -0.4 is 19.5 Å². The third kappa shape index (κ3) is 3.94. The molecule has 5 rings (SSSR count). The first-order valence-corrected chi connectivity index (χ1v) is 12.4. The summed E-state index contributed by atoms with van der Waals surface area (Å²) in [5.74, 6) is 1.63. The average Bonchev–Trinajstić information content (AvgIpc) is 3.54. The summed E-state index contributed by atoms with van der Waals surface area (Å²) < 4.78 is 18.5. The van der Waals surface area contributed by atoms with Crippen LogP contribution in [0.25, 0.3) is 10.9 Å². The highest BCUT2D eigenvalue weighted by molar-refractivity contribution is 6.05. The summed E-state index contributed by atoms with van der Waals surface area (Å²) in [4.78, 5) is 29.7. The standard InChI is InChI=1S/C28H33N3O5/c1-28(27(33)29-19-9-5-6-10-19)17-30-22(15-21-23(35-3)12-13-24(36-4)25(21)30)26(32)31(28)16-18-8-7-11-20(14-18)34-2/h7-8,11-15,19H,5-6,9-10,16-17H2,1-4H3,(H,29,33)/t28-/m0/s1. The fourth-order valence-corrected chi connectivity index (χ4v) is 5.57. The Kier molecular flexibility index (Phi) is 6.28. The predicted molar refractivity (Wildman–Crippen MR) is 137 cm³/mol. The summed E-state index contributed by atoms with van der Waals surface area (Å²) in [5, 5.41) is 4.02. The number of ether oxygens (including phenoxy) is 3. The molecule has 1 aliphatic heterocycles. The van der Waals surface area contributed by atoms with Gasteiger partial charge in [-0.25, -0.2) is 0 Å². The minimum Gasteiger partial charge on any atom is -0.497 e. The second-order valence-corrected chi connectivity index (χ2v) is 9.82. The van der Waals surface area contributed by atoms with Crippen molar-refractivity contribution in [2.24, 2.45) is 0 Å². The van der Waals surface area contributed by atoms with Crippen LogP contribution >= 0.6 is 0 Å². The third-order valence-corrected chi connectivity index (χ3v) is 7.60. The summed E-state index contributed by atoms with van der Waals surface area (Å²) in [6.45, 7) is 2.43. The van der Waals surface area contributed by atoms with Crippen molar-refractivity contribution >= 4 is 22.7 Å². The van der Waals surface area contributed by atoms with E-state index in [9.17, 15) is 9.59 Å². The number of fused-ring (bicyclic) bond motifs is 3. The highest BCUT2D eigenvalue weighted by atomic mass is 16.5. The van der Waals surface area contributed by atoms with Crippen molar-refractivity contribution in [3.05, 3.63) is 53.7 Å². The van der Waals surface area contributed by atoms with E-state index in [1.54, 1.807) is 26.2 Å². The van der Waals surface area contributed by atoms with Crippen molar-refractivity contribution in [1.82, 2.24) is 14.8 Å². The van der Waals surface area contributed by atoms with Crippen molar-refractivity contribution in [2.75, 3.05) is 21.3 Å². The number of carbonyl (C=O) groups excluding carboxylic acids is 2. The fourth-order valence-electron chi connectivity index (χ4n) is 5.57. The molecule has 0 bridgehead atoms. The second kappa shape index (κ2) is 9.41. The Bertz CT molecular complexity index is 1310. The maximum absolute atomic E-state index is 14.1. The van der Waals surface area contributed by atoms with Gasteiger partial charge in [-0.05, 0) is 55.7 Å². The zero-order chi connectivity index (χ0) is 25.4. The van der Waals surface area contributed by atoms with Gasteiger partial charge < -0.3 is 29.0 Å². The zero-order valence-corrected chi connectivity index (χ0v) is 21.3. The van der Waals surface area contributed by atoms with Gasteiger partial charge in [-0.1, -0.05) is 25.0 Å². The predicted octanol–water partition coefficient (Wildman–Crippen LogP) is 4.14. The molecule has 2 aromatic carbocycles. The van der Waals surface area contributed by atoms with Crippen LogP contribution in [0, 0.1) is 0 Å². The van der Waals surface area contributed by atoms with E-state index in [-0.39, 0.29) is 24.4 Å². The smallest absolute Gasteiger partial charge is 0.271 e. The van der Waals surface area contributed by atoms with E-state index in [4.69, 9.17) is 14.2 Å². The van der Waals surface area contributed by atoms with Crippen LogP contribution in [-0.4, -0.2) is 54.2 Å². The monoisotopic (exact) mass is 491 g/mol. The molecule has 8 nitrogen and oxygen atoms in total. The molecule has 1 fully saturated rings. The molecule has 3 aromatic rings. The molecule has 190 valence electrons. The Labute approximate surface area is 211 Å². The highest BCUT2D eigenvalue weighted by Crippen LogP contribution is 2.40. The van der Waals surface area contributed by atoms with E-state index in [1.807, 2.05) is 54.0 Å². The number of methoxy groups -OCH3 is 3. The fraction of sp³-hybridized carbons (Fsp3) is 0.429. The molecule has 2 heterocycles. The lowest BCUT2D eigenvalue weighted by atomic mass is 9.93. The Morgan fingerprint density at radius 1 is 1.03 bits per heavy atom. The van der Waals surface area contributed by atoms with Gasteiger partial charge in [-0.2, -0.15) is 0 Å². The number of carbonyl (C=O) groups is 2. The van der Waals surface area contributed by atoms with E-state index in [0.717, 1.165) is 42.1 Å². The normalized spacial score (nSPS) is 19.9. The molecule has 1 saturated carbocycles. The molecule has 0 saturated heterocycles. The number of benzene rings is 2. The molecule has 8 heteroatoms. The first-order chi connectivity index (χ1) is 17.4. The molecule has 1 atom stereocenters. The van der Waals surface area contributed by atoms with Gasteiger partial charge >= 0.3 is 0 Å². The number of amides is 2. The lowest BCUT2D eigenvalue weighted by Crippen LogP contribution is -2.64. The summed E-state index contributed by atoms with van der Waals surface area (Å²) in [6, 6.07) is 13.2. The topological polar surface area (TPSA) is 82.0 Å². The Morgan fingerprint density at radius 3 is 2.44 bits per heavy atom. The molecule has 2 amide bonds. The average molecular weight is 492 g/mol. The maximum atomic E-state index is 14.1. The van der Waals surface area contributed by atoms with E-state index < -0.39 is 5.54 Å². The summed E-state index contributed by atoms with van der Waals surface area (Å²) >= 11 is 0. The van der Waals surface area contributed by atoms with E-state index in [2.05, 4.69) is 5.32 Å². The van der Waals surface area contributed by atoms with Crippen LogP contribution in [0.3, 0.4) is 0 Å². The molecule has 0 unspecified atom stereocenters. The van der Waals surface area contributed by atoms with Crippen LogP contribution in [0.15, 0.2) is 42.5 Å². The number of rotatable bonds is 7. The maximum Gasteiger partial charge on any atom is 0.271 e.